The van der Waals surface area contributed by atoms with Gasteiger partial charge in [-0.2, -0.15) is 16.7 Å². The molecule has 1 saturated heterocycles. The minimum absolute atomic E-state index is 0.0853. The molecule has 0 spiro atoms. The Bertz CT molecular complexity index is 437. The molecular formula is C13H18N2O3S. The molecule has 1 aliphatic heterocycles. The molecule has 0 amide bonds. The van der Waals surface area contributed by atoms with E-state index in [1.807, 2.05) is 11.8 Å². The number of ether oxygens (including phenoxy) is 1. The molecule has 2 aliphatic rings. The Morgan fingerprint density at radius 1 is 1.37 bits per heavy atom. The molecule has 5 nitrogen and oxygen atoms in total. The number of carbonyl (C=O) groups is 1. The lowest BCUT2D eigenvalue weighted by Gasteiger charge is -2.18. The number of hydrogen-bond acceptors (Lipinski definition) is 6. The summed E-state index contributed by atoms with van der Waals surface area (Å²) in [7, 11) is 0. The minimum atomic E-state index is -0.0853. The van der Waals surface area contributed by atoms with Gasteiger partial charge in [-0.25, -0.2) is 0 Å². The van der Waals surface area contributed by atoms with Crippen LogP contribution >= 0.6 is 11.8 Å². The molecule has 6 heteroatoms. The van der Waals surface area contributed by atoms with Crippen molar-refractivity contribution < 1.29 is 14.1 Å². The highest BCUT2D eigenvalue weighted by Gasteiger charge is 2.26. The molecule has 2 heterocycles. The average molecular weight is 282 g/mol. The van der Waals surface area contributed by atoms with E-state index in [2.05, 4.69) is 10.1 Å². The van der Waals surface area contributed by atoms with Gasteiger partial charge in [0, 0.05) is 17.4 Å². The van der Waals surface area contributed by atoms with Crippen LogP contribution in [0.2, 0.25) is 0 Å². The van der Waals surface area contributed by atoms with Gasteiger partial charge in [-0.15, -0.1) is 0 Å². The van der Waals surface area contributed by atoms with Crippen LogP contribution in [-0.4, -0.2) is 34.0 Å². The molecule has 1 unspecified atom stereocenters. The van der Waals surface area contributed by atoms with Crippen LogP contribution in [0.15, 0.2) is 4.52 Å². The average Bonchev–Trinajstić information content (AvgIpc) is 3.11. The SMILES string of the molecule is O=C(Cc1nc(C2CSCCO2)no1)C1CCCC1. The van der Waals surface area contributed by atoms with Gasteiger partial charge in [0.05, 0.1) is 13.0 Å². The second kappa shape index (κ2) is 6.05. The van der Waals surface area contributed by atoms with Crippen LogP contribution in [0.4, 0.5) is 0 Å². The zero-order chi connectivity index (χ0) is 13.1. The zero-order valence-corrected chi connectivity index (χ0v) is 11.7. The minimum Gasteiger partial charge on any atom is -0.368 e. The molecule has 0 bridgehead atoms. The van der Waals surface area contributed by atoms with E-state index in [9.17, 15) is 4.79 Å². The summed E-state index contributed by atoms with van der Waals surface area (Å²) in [5, 5.41) is 3.94. The fourth-order valence-electron chi connectivity index (χ4n) is 2.65. The maximum absolute atomic E-state index is 12.0. The lowest BCUT2D eigenvalue weighted by Crippen LogP contribution is -2.17. The summed E-state index contributed by atoms with van der Waals surface area (Å²) in [6.45, 7) is 0.722. The van der Waals surface area contributed by atoms with Crippen molar-refractivity contribution in [3.05, 3.63) is 11.7 Å². The zero-order valence-electron chi connectivity index (χ0n) is 10.8. The first-order valence-electron chi connectivity index (χ1n) is 6.87. The highest BCUT2D eigenvalue weighted by atomic mass is 32.2. The van der Waals surface area contributed by atoms with E-state index in [1.54, 1.807) is 0 Å². The van der Waals surface area contributed by atoms with E-state index in [-0.39, 0.29) is 24.2 Å². The maximum atomic E-state index is 12.0. The molecule has 2 fully saturated rings. The first-order valence-corrected chi connectivity index (χ1v) is 8.03. The third-order valence-corrected chi connectivity index (χ3v) is 4.72. The molecule has 3 rings (SSSR count). The number of thioether (sulfide) groups is 1. The summed E-state index contributed by atoms with van der Waals surface area (Å²) in [5.41, 5.74) is 0. The highest BCUT2D eigenvalue weighted by molar-refractivity contribution is 7.99. The predicted octanol–water partition coefficient (Wildman–Crippen LogP) is 2.18. The lowest BCUT2D eigenvalue weighted by molar-refractivity contribution is -0.122. The summed E-state index contributed by atoms with van der Waals surface area (Å²) in [4.78, 5) is 16.3. The van der Waals surface area contributed by atoms with E-state index in [0.29, 0.717) is 11.7 Å². The van der Waals surface area contributed by atoms with Crippen LogP contribution in [0.5, 0.6) is 0 Å². The lowest BCUT2D eigenvalue weighted by atomic mass is 10.0. The number of ketones is 1. The van der Waals surface area contributed by atoms with Crippen molar-refractivity contribution in [1.82, 2.24) is 10.1 Å². The Morgan fingerprint density at radius 2 is 2.21 bits per heavy atom. The quantitative estimate of drug-likeness (QED) is 0.843. The molecule has 0 radical (unpaired) electrons. The fourth-order valence-corrected chi connectivity index (χ4v) is 3.49. The second-order valence-corrected chi connectivity index (χ2v) is 6.25. The van der Waals surface area contributed by atoms with Gasteiger partial charge in [0.15, 0.2) is 0 Å². The molecule has 104 valence electrons. The number of rotatable bonds is 4. The van der Waals surface area contributed by atoms with Crippen LogP contribution in [-0.2, 0) is 16.0 Å². The number of nitrogens with zero attached hydrogens (tertiary/aromatic N) is 2. The Balaban J connectivity index is 1.59. The standard InChI is InChI=1S/C13H18N2O3S/c16-10(9-3-1-2-4-9)7-12-14-13(15-18-12)11-8-19-6-5-17-11/h9,11H,1-8H2. The summed E-state index contributed by atoms with van der Waals surface area (Å²) in [5.74, 6) is 3.34. The van der Waals surface area contributed by atoms with E-state index in [1.165, 1.54) is 12.8 Å². The maximum Gasteiger partial charge on any atom is 0.234 e. The second-order valence-electron chi connectivity index (χ2n) is 5.11. The van der Waals surface area contributed by atoms with Gasteiger partial charge in [0.25, 0.3) is 0 Å². The summed E-state index contributed by atoms with van der Waals surface area (Å²) in [6.07, 6.45) is 4.55. The first-order chi connectivity index (χ1) is 9.33. The first kappa shape index (κ1) is 13.1. The van der Waals surface area contributed by atoms with Crippen molar-refractivity contribution >= 4 is 17.5 Å². The number of aromatic nitrogens is 2. The highest BCUT2D eigenvalue weighted by Crippen LogP contribution is 2.27. The van der Waals surface area contributed by atoms with E-state index < -0.39 is 0 Å². The largest absolute Gasteiger partial charge is 0.368 e. The summed E-state index contributed by atoms with van der Waals surface area (Å²) < 4.78 is 10.8. The Kier molecular flexibility index (Phi) is 4.18. The Morgan fingerprint density at radius 3 is 2.95 bits per heavy atom. The van der Waals surface area contributed by atoms with Crippen LogP contribution in [0.1, 0.15) is 43.5 Å². The molecule has 1 aliphatic carbocycles. The van der Waals surface area contributed by atoms with Crippen molar-refractivity contribution in [3.8, 4) is 0 Å². The number of hydrogen-bond donors (Lipinski definition) is 0. The topological polar surface area (TPSA) is 65.2 Å². The fraction of sp³-hybridized carbons (Fsp3) is 0.769. The van der Waals surface area contributed by atoms with Gasteiger partial charge in [0.1, 0.15) is 11.9 Å². The predicted molar refractivity (Wildman–Crippen MR) is 71.0 cm³/mol. The van der Waals surface area contributed by atoms with Crippen molar-refractivity contribution in [2.24, 2.45) is 5.92 Å². The monoisotopic (exact) mass is 282 g/mol. The molecule has 1 atom stereocenters. The molecular weight excluding hydrogens is 264 g/mol. The van der Waals surface area contributed by atoms with Gasteiger partial charge in [-0.1, -0.05) is 18.0 Å². The van der Waals surface area contributed by atoms with Crippen molar-refractivity contribution in [1.29, 1.82) is 0 Å². The molecule has 1 aromatic heterocycles. The van der Waals surface area contributed by atoms with Gasteiger partial charge >= 0.3 is 0 Å². The Hall–Kier alpha value is -0.880. The molecule has 1 saturated carbocycles. The third-order valence-electron chi connectivity index (χ3n) is 3.72. The van der Waals surface area contributed by atoms with Crippen LogP contribution < -0.4 is 0 Å². The van der Waals surface area contributed by atoms with Crippen LogP contribution in [0, 0.1) is 5.92 Å². The summed E-state index contributed by atoms with van der Waals surface area (Å²) >= 11 is 1.83. The van der Waals surface area contributed by atoms with Gasteiger partial charge in [-0.05, 0) is 12.8 Å². The summed E-state index contributed by atoms with van der Waals surface area (Å²) in [6, 6.07) is 0. The molecule has 0 N–H and O–H groups in total. The van der Waals surface area contributed by atoms with E-state index in [4.69, 9.17) is 9.26 Å². The van der Waals surface area contributed by atoms with Gasteiger partial charge in [-0.3, -0.25) is 4.79 Å². The van der Waals surface area contributed by atoms with Crippen LogP contribution in [0.25, 0.3) is 0 Å². The van der Waals surface area contributed by atoms with Crippen LogP contribution in [0.3, 0.4) is 0 Å². The number of Topliss-reactive ketones (excluding diaryl/α,β-unsaturated/α-hetero) is 1. The van der Waals surface area contributed by atoms with E-state index in [0.717, 1.165) is 31.0 Å². The smallest absolute Gasteiger partial charge is 0.234 e. The normalized spacial score (nSPS) is 24.7. The molecule has 19 heavy (non-hydrogen) atoms. The molecule has 0 aromatic carbocycles. The van der Waals surface area contributed by atoms with Crippen molar-refractivity contribution in [3.63, 3.8) is 0 Å². The van der Waals surface area contributed by atoms with Crippen molar-refractivity contribution in [2.75, 3.05) is 18.1 Å². The van der Waals surface area contributed by atoms with Gasteiger partial charge in [0.2, 0.25) is 11.7 Å². The molecule has 1 aromatic rings. The third kappa shape index (κ3) is 3.17. The van der Waals surface area contributed by atoms with Gasteiger partial charge < -0.3 is 9.26 Å². The number of carbonyl (C=O) groups excluding carboxylic acids is 1. The van der Waals surface area contributed by atoms with Crippen molar-refractivity contribution in [2.45, 2.75) is 38.2 Å². The Labute approximate surface area is 116 Å². The van der Waals surface area contributed by atoms with E-state index >= 15 is 0 Å².